The van der Waals surface area contributed by atoms with Gasteiger partial charge in [0.25, 0.3) is 0 Å². The third kappa shape index (κ3) is 2.88. The van der Waals surface area contributed by atoms with Crippen molar-refractivity contribution in [1.29, 1.82) is 0 Å². The van der Waals surface area contributed by atoms with Gasteiger partial charge in [-0.3, -0.25) is 0 Å². The maximum Gasteiger partial charge on any atom is 0.410 e. The molecule has 2 aliphatic heterocycles. The molecule has 0 atom stereocenters. The zero-order valence-corrected chi connectivity index (χ0v) is 16.2. The van der Waals surface area contributed by atoms with E-state index in [0.717, 1.165) is 18.1 Å². The summed E-state index contributed by atoms with van der Waals surface area (Å²) in [5, 5.41) is 0.897. The van der Waals surface area contributed by atoms with Crippen LogP contribution in [0.1, 0.15) is 57.6 Å². The first-order valence-electron chi connectivity index (χ1n) is 9.34. The molecule has 2 heterocycles. The Balaban J connectivity index is 1.70. The molecule has 0 aromatic heterocycles. The van der Waals surface area contributed by atoms with Crippen LogP contribution in [0.4, 0.5) is 10.5 Å². The highest BCUT2D eigenvalue weighted by molar-refractivity contribution is 6.32. The molecule has 25 heavy (non-hydrogen) atoms. The van der Waals surface area contributed by atoms with E-state index >= 15 is 0 Å². The Morgan fingerprint density at radius 2 is 1.92 bits per heavy atom. The molecule has 5 heteroatoms. The molecule has 0 bridgehead atoms. The van der Waals surface area contributed by atoms with Gasteiger partial charge in [-0.25, -0.2) is 4.79 Å². The Hall–Kier alpha value is -1.42. The zero-order chi connectivity index (χ0) is 17.8. The quantitative estimate of drug-likeness (QED) is 0.669. The number of benzene rings is 1. The molecule has 136 valence electrons. The van der Waals surface area contributed by atoms with Gasteiger partial charge in [0.2, 0.25) is 0 Å². The Morgan fingerprint density at radius 3 is 2.56 bits per heavy atom. The molecule has 1 fully saturated rings. The topological polar surface area (TPSA) is 32.8 Å². The van der Waals surface area contributed by atoms with E-state index in [1.165, 1.54) is 42.5 Å². The van der Waals surface area contributed by atoms with Crippen LogP contribution in [0.15, 0.2) is 12.1 Å². The van der Waals surface area contributed by atoms with Crippen molar-refractivity contribution in [1.82, 2.24) is 4.90 Å². The first-order chi connectivity index (χ1) is 11.8. The van der Waals surface area contributed by atoms with Crippen molar-refractivity contribution in [3.63, 3.8) is 0 Å². The van der Waals surface area contributed by atoms with Gasteiger partial charge in [0, 0.05) is 41.3 Å². The van der Waals surface area contributed by atoms with E-state index in [2.05, 4.69) is 11.0 Å². The second kappa shape index (κ2) is 5.80. The number of fused-ring (bicyclic) bond motifs is 1. The first-order valence-corrected chi connectivity index (χ1v) is 9.72. The lowest BCUT2D eigenvalue weighted by Gasteiger charge is -2.50. The van der Waals surface area contributed by atoms with Crippen LogP contribution in [0.3, 0.4) is 0 Å². The molecular formula is C20H27ClN2O2. The number of amides is 1. The summed E-state index contributed by atoms with van der Waals surface area (Å²) in [6.45, 7) is 8.92. The highest BCUT2D eigenvalue weighted by atomic mass is 35.5. The number of anilines is 1. The SMILES string of the molecule is CC(C)(C)OC(=O)N1CCN2CCC3(CCC3)c3c(Cl)ccc(c32)C1. The van der Waals surface area contributed by atoms with Crippen LogP contribution in [0.5, 0.6) is 0 Å². The number of halogens is 1. The summed E-state index contributed by atoms with van der Waals surface area (Å²) in [6, 6.07) is 4.12. The van der Waals surface area contributed by atoms with Crippen LogP contribution in [-0.4, -0.2) is 36.2 Å². The normalized spacial score (nSPS) is 21.4. The van der Waals surface area contributed by atoms with E-state index in [0.29, 0.717) is 13.1 Å². The van der Waals surface area contributed by atoms with E-state index < -0.39 is 5.60 Å². The van der Waals surface area contributed by atoms with E-state index in [1.54, 1.807) is 0 Å². The van der Waals surface area contributed by atoms with E-state index in [-0.39, 0.29) is 11.5 Å². The van der Waals surface area contributed by atoms with E-state index in [1.807, 2.05) is 31.7 Å². The molecule has 0 unspecified atom stereocenters. The molecule has 1 aliphatic carbocycles. The van der Waals surface area contributed by atoms with E-state index in [9.17, 15) is 4.79 Å². The lowest BCUT2D eigenvalue weighted by molar-refractivity contribution is 0.0243. The van der Waals surface area contributed by atoms with Gasteiger partial charge in [-0.1, -0.05) is 24.1 Å². The Kier molecular flexibility index (Phi) is 3.95. The molecule has 1 amide bonds. The molecular weight excluding hydrogens is 336 g/mol. The Labute approximate surface area is 155 Å². The highest BCUT2D eigenvalue weighted by Crippen LogP contribution is 2.55. The molecule has 0 N–H and O–H groups in total. The van der Waals surface area contributed by atoms with Gasteiger partial charge < -0.3 is 14.5 Å². The first kappa shape index (κ1) is 17.0. The van der Waals surface area contributed by atoms with Gasteiger partial charge in [0.05, 0.1) is 6.54 Å². The van der Waals surface area contributed by atoms with Crippen LogP contribution in [0.25, 0.3) is 0 Å². The summed E-state index contributed by atoms with van der Waals surface area (Å²) >= 11 is 6.67. The van der Waals surface area contributed by atoms with Gasteiger partial charge in [0.1, 0.15) is 5.60 Å². The van der Waals surface area contributed by atoms with Gasteiger partial charge in [-0.2, -0.15) is 0 Å². The standard InChI is InChI=1S/C20H27ClN2O2/c1-19(2,3)25-18(24)23-12-11-22-10-9-20(7-4-8-20)16-15(21)6-5-14(13-23)17(16)22/h5-6H,4,7-13H2,1-3H3. The molecule has 3 aliphatic rings. The average Bonchev–Trinajstić information content (AvgIpc) is 2.68. The Bertz CT molecular complexity index is 706. The van der Waals surface area contributed by atoms with Crippen LogP contribution < -0.4 is 4.90 Å². The van der Waals surface area contributed by atoms with Crippen molar-refractivity contribution < 1.29 is 9.53 Å². The second-order valence-corrected chi connectivity index (χ2v) is 9.11. The Morgan fingerprint density at radius 1 is 1.16 bits per heavy atom. The zero-order valence-electron chi connectivity index (χ0n) is 15.4. The predicted molar refractivity (Wildman–Crippen MR) is 100 cm³/mol. The minimum absolute atomic E-state index is 0.227. The lowest BCUT2D eigenvalue weighted by atomic mass is 9.60. The minimum atomic E-state index is -0.471. The summed E-state index contributed by atoms with van der Waals surface area (Å²) in [6.07, 6.45) is 4.73. The van der Waals surface area contributed by atoms with Crippen molar-refractivity contribution in [2.45, 2.75) is 64.0 Å². The summed E-state index contributed by atoms with van der Waals surface area (Å²) < 4.78 is 5.60. The predicted octanol–water partition coefficient (Wildman–Crippen LogP) is 4.72. The summed E-state index contributed by atoms with van der Waals surface area (Å²) in [5.74, 6) is 0. The highest BCUT2D eigenvalue weighted by Gasteiger charge is 2.46. The smallest absolute Gasteiger partial charge is 0.410 e. The molecule has 1 aromatic rings. The van der Waals surface area contributed by atoms with Crippen molar-refractivity contribution in [2.75, 3.05) is 24.5 Å². The van der Waals surface area contributed by atoms with Crippen molar-refractivity contribution in [3.05, 3.63) is 28.3 Å². The van der Waals surface area contributed by atoms with Crippen molar-refractivity contribution in [2.24, 2.45) is 0 Å². The molecule has 4 rings (SSSR count). The minimum Gasteiger partial charge on any atom is -0.444 e. The van der Waals surface area contributed by atoms with Crippen LogP contribution >= 0.6 is 11.6 Å². The van der Waals surface area contributed by atoms with Crippen LogP contribution in [0, 0.1) is 0 Å². The summed E-state index contributed by atoms with van der Waals surface area (Å²) in [5.41, 5.74) is 3.65. The molecule has 4 nitrogen and oxygen atoms in total. The fourth-order valence-corrected chi connectivity index (χ4v) is 4.88. The third-order valence-electron chi connectivity index (χ3n) is 5.88. The summed E-state index contributed by atoms with van der Waals surface area (Å²) in [7, 11) is 0. The molecule has 1 spiro atoms. The fraction of sp³-hybridized carbons (Fsp3) is 0.650. The summed E-state index contributed by atoms with van der Waals surface area (Å²) in [4.78, 5) is 16.9. The average molecular weight is 363 g/mol. The van der Waals surface area contributed by atoms with Crippen molar-refractivity contribution >= 4 is 23.4 Å². The van der Waals surface area contributed by atoms with Gasteiger partial charge in [-0.05, 0) is 51.7 Å². The monoisotopic (exact) mass is 362 g/mol. The number of carbonyl (C=O) groups is 1. The fourth-order valence-electron chi connectivity index (χ4n) is 4.52. The lowest BCUT2D eigenvalue weighted by Crippen LogP contribution is -2.46. The number of ether oxygens (including phenoxy) is 1. The number of hydrogen-bond donors (Lipinski definition) is 0. The third-order valence-corrected chi connectivity index (χ3v) is 6.20. The van der Waals surface area contributed by atoms with E-state index in [4.69, 9.17) is 16.3 Å². The van der Waals surface area contributed by atoms with Crippen LogP contribution in [0.2, 0.25) is 5.02 Å². The van der Waals surface area contributed by atoms with Gasteiger partial charge in [-0.15, -0.1) is 0 Å². The van der Waals surface area contributed by atoms with Crippen LogP contribution in [-0.2, 0) is 16.7 Å². The second-order valence-electron chi connectivity index (χ2n) is 8.70. The molecule has 1 saturated carbocycles. The molecule has 0 saturated heterocycles. The maximum absolute atomic E-state index is 12.6. The molecule has 0 radical (unpaired) electrons. The van der Waals surface area contributed by atoms with Crippen molar-refractivity contribution in [3.8, 4) is 0 Å². The van der Waals surface area contributed by atoms with Gasteiger partial charge in [0.15, 0.2) is 0 Å². The largest absolute Gasteiger partial charge is 0.444 e. The van der Waals surface area contributed by atoms with Gasteiger partial charge >= 0.3 is 6.09 Å². The number of carbonyl (C=O) groups excluding carboxylic acids is 1. The molecule has 1 aromatic carbocycles. The maximum atomic E-state index is 12.6. The number of rotatable bonds is 0. The number of hydrogen-bond acceptors (Lipinski definition) is 3. The number of nitrogens with zero attached hydrogens (tertiary/aromatic N) is 2.